The van der Waals surface area contributed by atoms with E-state index in [9.17, 15) is 9.90 Å². The molecule has 2 aromatic rings. The quantitative estimate of drug-likeness (QED) is 0.928. The van der Waals surface area contributed by atoms with Crippen LogP contribution in [0.25, 0.3) is 0 Å². The van der Waals surface area contributed by atoms with Crippen LogP contribution in [-0.4, -0.2) is 20.6 Å². The van der Waals surface area contributed by atoms with E-state index in [2.05, 4.69) is 4.98 Å². The lowest BCUT2D eigenvalue weighted by molar-refractivity contribution is -0.147. The Bertz CT molecular complexity index is 624. The number of carboxylic acid groups (broad SMARTS) is 1. The van der Waals surface area contributed by atoms with Crippen LogP contribution in [-0.2, 0) is 23.7 Å². The summed E-state index contributed by atoms with van der Waals surface area (Å²) in [5, 5.41) is 9.44. The van der Waals surface area contributed by atoms with Gasteiger partial charge in [-0.25, -0.2) is 4.98 Å². The predicted molar refractivity (Wildman–Crippen MR) is 75.6 cm³/mol. The fourth-order valence-corrected chi connectivity index (χ4v) is 2.85. The van der Waals surface area contributed by atoms with Crippen molar-refractivity contribution in [1.29, 1.82) is 0 Å². The van der Waals surface area contributed by atoms with Crippen LogP contribution in [0.15, 0.2) is 36.7 Å². The Hall–Kier alpha value is -2.10. The van der Waals surface area contributed by atoms with Gasteiger partial charge < -0.3 is 9.67 Å². The second-order valence-electron chi connectivity index (χ2n) is 5.57. The number of carboxylic acids is 1. The largest absolute Gasteiger partial charge is 0.481 e. The molecule has 0 spiro atoms. The van der Waals surface area contributed by atoms with Crippen molar-refractivity contribution in [3.05, 3.63) is 53.6 Å². The van der Waals surface area contributed by atoms with E-state index in [-0.39, 0.29) is 0 Å². The van der Waals surface area contributed by atoms with Gasteiger partial charge in [0, 0.05) is 25.9 Å². The maximum atomic E-state index is 11.5. The number of hydrogen-bond donors (Lipinski definition) is 1. The zero-order chi connectivity index (χ0) is 14.2. The molecule has 1 aromatic carbocycles. The lowest BCUT2D eigenvalue weighted by Crippen LogP contribution is -2.42. The summed E-state index contributed by atoms with van der Waals surface area (Å²) < 4.78 is 2.00. The summed E-state index contributed by atoms with van der Waals surface area (Å²) in [6.07, 6.45) is 6.99. The number of imidazole rings is 1. The number of aliphatic carboxylic acids is 1. The minimum absolute atomic E-state index is 0.637. The maximum absolute atomic E-state index is 11.5. The number of hydrogen-bond acceptors (Lipinski definition) is 2. The molecule has 1 saturated carbocycles. The van der Waals surface area contributed by atoms with Gasteiger partial charge in [-0.3, -0.25) is 4.79 Å². The van der Waals surface area contributed by atoms with E-state index in [1.165, 1.54) is 0 Å². The number of nitrogens with zero attached hydrogens (tertiary/aromatic N) is 2. The monoisotopic (exact) mass is 270 g/mol. The Morgan fingerprint density at radius 2 is 2.05 bits per heavy atom. The fraction of sp³-hybridized carbons (Fsp3) is 0.375. The van der Waals surface area contributed by atoms with E-state index in [0.717, 1.165) is 42.6 Å². The molecule has 20 heavy (non-hydrogen) atoms. The second-order valence-corrected chi connectivity index (χ2v) is 5.57. The average Bonchev–Trinajstić information content (AvgIpc) is 2.75. The molecule has 0 aliphatic heterocycles. The van der Waals surface area contributed by atoms with Gasteiger partial charge >= 0.3 is 5.97 Å². The van der Waals surface area contributed by atoms with Gasteiger partial charge in [-0.15, -0.1) is 0 Å². The lowest BCUT2D eigenvalue weighted by Gasteiger charge is -2.38. The number of aromatic nitrogens is 2. The van der Waals surface area contributed by atoms with E-state index in [0.29, 0.717) is 0 Å². The molecule has 0 radical (unpaired) electrons. The third-order valence-corrected chi connectivity index (χ3v) is 4.41. The van der Waals surface area contributed by atoms with Crippen molar-refractivity contribution in [3.63, 3.8) is 0 Å². The SMILES string of the molecule is Cn1ccnc1Cc1ccc(C2(C(=O)O)CCC2)cc1. The lowest BCUT2D eigenvalue weighted by atomic mass is 9.64. The molecular formula is C16H18N2O2. The maximum Gasteiger partial charge on any atom is 0.314 e. The number of carbonyl (C=O) groups is 1. The molecule has 3 rings (SSSR count). The molecule has 1 aliphatic rings. The molecule has 0 atom stereocenters. The fourth-order valence-electron chi connectivity index (χ4n) is 2.85. The molecular weight excluding hydrogens is 252 g/mol. The molecule has 0 unspecified atom stereocenters. The van der Waals surface area contributed by atoms with Crippen LogP contribution in [0.4, 0.5) is 0 Å². The molecule has 1 fully saturated rings. The van der Waals surface area contributed by atoms with Crippen molar-refractivity contribution in [2.24, 2.45) is 7.05 Å². The van der Waals surface area contributed by atoms with Crippen LogP contribution in [0.3, 0.4) is 0 Å². The van der Waals surface area contributed by atoms with Crippen LogP contribution in [0.1, 0.15) is 36.2 Å². The van der Waals surface area contributed by atoms with Gasteiger partial charge in [0.2, 0.25) is 0 Å². The first-order valence-corrected chi connectivity index (χ1v) is 6.91. The molecule has 4 heteroatoms. The van der Waals surface area contributed by atoms with Gasteiger partial charge in [0.05, 0.1) is 5.41 Å². The normalized spacial score (nSPS) is 16.6. The highest BCUT2D eigenvalue weighted by atomic mass is 16.4. The van der Waals surface area contributed by atoms with Crippen molar-refractivity contribution in [2.75, 3.05) is 0 Å². The summed E-state index contributed by atoms with van der Waals surface area (Å²) in [5.74, 6) is 0.315. The third-order valence-electron chi connectivity index (χ3n) is 4.41. The van der Waals surface area contributed by atoms with Gasteiger partial charge in [-0.05, 0) is 24.0 Å². The van der Waals surface area contributed by atoms with Crippen molar-refractivity contribution >= 4 is 5.97 Å². The number of rotatable bonds is 4. The molecule has 1 aliphatic carbocycles. The smallest absolute Gasteiger partial charge is 0.314 e. The van der Waals surface area contributed by atoms with Crippen LogP contribution in [0, 0.1) is 0 Å². The molecule has 0 saturated heterocycles. The highest BCUT2D eigenvalue weighted by Gasteiger charge is 2.45. The van der Waals surface area contributed by atoms with E-state index in [4.69, 9.17) is 0 Å². The summed E-state index contributed by atoms with van der Waals surface area (Å²) in [7, 11) is 1.98. The minimum atomic E-state index is -0.694. The Kier molecular flexibility index (Phi) is 3.08. The summed E-state index contributed by atoms with van der Waals surface area (Å²) in [4.78, 5) is 15.8. The molecule has 0 bridgehead atoms. The number of benzene rings is 1. The first kappa shape index (κ1) is 12.9. The second kappa shape index (κ2) is 4.78. The van der Waals surface area contributed by atoms with Crippen molar-refractivity contribution in [3.8, 4) is 0 Å². The zero-order valence-corrected chi connectivity index (χ0v) is 11.5. The molecule has 4 nitrogen and oxygen atoms in total. The number of aryl methyl sites for hydroxylation is 1. The van der Waals surface area contributed by atoms with Crippen molar-refractivity contribution in [2.45, 2.75) is 31.1 Å². The summed E-state index contributed by atoms with van der Waals surface area (Å²) in [5.41, 5.74) is 1.45. The van der Waals surface area contributed by atoms with Crippen LogP contribution >= 0.6 is 0 Å². The molecule has 1 heterocycles. The summed E-state index contributed by atoms with van der Waals surface area (Å²) >= 11 is 0. The van der Waals surface area contributed by atoms with Crippen LogP contribution in [0.2, 0.25) is 0 Å². The van der Waals surface area contributed by atoms with Gasteiger partial charge in [0.15, 0.2) is 0 Å². The average molecular weight is 270 g/mol. The highest BCUT2D eigenvalue weighted by Crippen LogP contribution is 2.43. The third kappa shape index (κ3) is 2.01. The van der Waals surface area contributed by atoms with Crippen LogP contribution < -0.4 is 0 Å². The first-order chi connectivity index (χ1) is 9.62. The molecule has 1 N–H and O–H groups in total. The van der Waals surface area contributed by atoms with E-state index < -0.39 is 11.4 Å². The highest BCUT2D eigenvalue weighted by molar-refractivity contribution is 5.82. The Morgan fingerprint density at radius 3 is 2.50 bits per heavy atom. The van der Waals surface area contributed by atoms with Gasteiger partial charge in [-0.2, -0.15) is 0 Å². The van der Waals surface area contributed by atoms with E-state index in [1.807, 2.05) is 42.1 Å². The standard InChI is InChI=1S/C16H18N2O2/c1-18-10-9-17-14(18)11-12-3-5-13(6-4-12)16(15(19)20)7-2-8-16/h3-6,9-10H,2,7-8,11H2,1H3,(H,19,20). The topological polar surface area (TPSA) is 55.1 Å². The molecule has 0 amide bonds. The Balaban J connectivity index is 1.81. The molecule has 1 aromatic heterocycles. The first-order valence-electron chi connectivity index (χ1n) is 6.91. The van der Waals surface area contributed by atoms with Gasteiger partial charge in [-0.1, -0.05) is 30.7 Å². The van der Waals surface area contributed by atoms with E-state index >= 15 is 0 Å². The van der Waals surface area contributed by atoms with Crippen molar-refractivity contribution in [1.82, 2.24) is 9.55 Å². The minimum Gasteiger partial charge on any atom is -0.481 e. The summed E-state index contributed by atoms with van der Waals surface area (Å²) in [6.45, 7) is 0. The predicted octanol–water partition coefficient (Wildman–Crippen LogP) is 2.52. The summed E-state index contributed by atoms with van der Waals surface area (Å²) in [6, 6.07) is 7.97. The Morgan fingerprint density at radius 1 is 1.35 bits per heavy atom. The van der Waals surface area contributed by atoms with Gasteiger partial charge in [0.25, 0.3) is 0 Å². The van der Waals surface area contributed by atoms with Crippen molar-refractivity contribution < 1.29 is 9.90 Å². The zero-order valence-electron chi connectivity index (χ0n) is 11.5. The van der Waals surface area contributed by atoms with Gasteiger partial charge in [0.1, 0.15) is 5.82 Å². The molecule has 104 valence electrons. The van der Waals surface area contributed by atoms with E-state index in [1.54, 1.807) is 6.20 Å². The Labute approximate surface area is 118 Å². The van der Waals surface area contributed by atoms with Crippen LogP contribution in [0.5, 0.6) is 0 Å².